The van der Waals surface area contributed by atoms with E-state index < -0.39 is 11.8 Å². The SMILES string of the molecule is CCCCCCCN(Cc1ccc(F)c(C(=O)O)c1)c1ccc(C#Cc2ccc(CCCC)cc2)cc1. The maximum atomic E-state index is 13.9. The summed E-state index contributed by atoms with van der Waals surface area (Å²) in [4.78, 5) is 13.6. The number of nitrogens with zero attached hydrogens (tertiary/aromatic N) is 1. The van der Waals surface area contributed by atoms with Crippen LogP contribution in [0.1, 0.15) is 91.4 Å². The van der Waals surface area contributed by atoms with Crippen molar-refractivity contribution in [2.75, 3.05) is 11.4 Å². The van der Waals surface area contributed by atoms with Gasteiger partial charge in [-0.15, -0.1) is 0 Å². The Kier molecular flexibility index (Phi) is 11.2. The average Bonchev–Trinajstić information content (AvgIpc) is 2.91. The molecule has 3 aromatic carbocycles. The Morgan fingerprint density at radius 1 is 0.784 bits per heavy atom. The fourth-order valence-electron chi connectivity index (χ4n) is 4.30. The van der Waals surface area contributed by atoms with Gasteiger partial charge in [0.25, 0.3) is 0 Å². The highest BCUT2D eigenvalue weighted by atomic mass is 19.1. The minimum atomic E-state index is -1.25. The van der Waals surface area contributed by atoms with Crippen LogP contribution < -0.4 is 4.90 Å². The van der Waals surface area contributed by atoms with Crippen molar-refractivity contribution in [2.45, 2.75) is 71.8 Å². The lowest BCUT2D eigenvalue weighted by Crippen LogP contribution is -2.24. The summed E-state index contributed by atoms with van der Waals surface area (Å²) in [6.07, 6.45) is 9.33. The summed E-state index contributed by atoms with van der Waals surface area (Å²) in [7, 11) is 0. The number of hydrogen-bond acceptors (Lipinski definition) is 2. The Hall–Kier alpha value is -3.58. The molecule has 4 heteroatoms. The third-order valence-corrected chi connectivity index (χ3v) is 6.52. The standard InChI is InChI=1S/C33H38FNO2/c1-3-5-7-8-9-23-35(25-29-19-22-32(34)31(24-29)33(36)37)30-20-17-28(18-21-30)16-15-27-13-11-26(12-14-27)10-6-4-2/h11-14,17-22,24H,3-10,23,25H2,1-2H3,(H,36,37). The highest BCUT2D eigenvalue weighted by molar-refractivity contribution is 5.88. The predicted molar refractivity (Wildman–Crippen MR) is 151 cm³/mol. The van der Waals surface area contributed by atoms with Gasteiger partial charge >= 0.3 is 5.97 Å². The summed E-state index contributed by atoms with van der Waals surface area (Å²) < 4.78 is 13.9. The van der Waals surface area contributed by atoms with Crippen molar-refractivity contribution in [2.24, 2.45) is 0 Å². The van der Waals surface area contributed by atoms with Gasteiger partial charge < -0.3 is 10.0 Å². The van der Waals surface area contributed by atoms with Gasteiger partial charge in [-0.25, -0.2) is 9.18 Å². The minimum Gasteiger partial charge on any atom is -0.478 e. The van der Waals surface area contributed by atoms with Gasteiger partial charge in [0.15, 0.2) is 0 Å². The zero-order valence-corrected chi connectivity index (χ0v) is 22.1. The number of carboxylic acids is 1. The fourth-order valence-corrected chi connectivity index (χ4v) is 4.30. The van der Waals surface area contributed by atoms with Crippen LogP contribution in [0, 0.1) is 17.7 Å². The first-order chi connectivity index (χ1) is 18.0. The first-order valence-electron chi connectivity index (χ1n) is 13.5. The van der Waals surface area contributed by atoms with Crippen molar-refractivity contribution >= 4 is 11.7 Å². The van der Waals surface area contributed by atoms with Gasteiger partial charge in [-0.2, -0.15) is 0 Å². The number of carboxylic acid groups (broad SMARTS) is 1. The highest BCUT2D eigenvalue weighted by Gasteiger charge is 2.13. The number of carbonyl (C=O) groups is 1. The van der Waals surface area contributed by atoms with Crippen molar-refractivity contribution in [1.29, 1.82) is 0 Å². The van der Waals surface area contributed by atoms with E-state index in [-0.39, 0.29) is 5.56 Å². The molecule has 0 fully saturated rings. The zero-order chi connectivity index (χ0) is 26.5. The van der Waals surface area contributed by atoms with Crippen molar-refractivity contribution in [3.05, 3.63) is 100 Å². The summed E-state index contributed by atoms with van der Waals surface area (Å²) >= 11 is 0. The molecule has 0 saturated heterocycles. The zero-order valence-electron chi connectivity index (χ0n) is 22.1. The number of unbranched alkanes of at least 4 members (excludes halogenated alkanes) is 5. The molecule has 0 aliphatic rings. The van der Waals surface area contributed by atoms with Gasteiger partial charge in [-0.1, -0.05) is 76.0 Å². The smallest absolute Gasteiger partial charge is 0.338 e. The Labute approximate surface area is 221 Å². The van der Waals surface area contributed by atoms with E-state index in [0.717, 1.165) is 48.2 Å². The third-order valence-electron chi connectivity index (χ3n) is 6.52. The van der Waals surface area contributed by atoms with E-state index in [2.05, 4.69) is 67.0 Å². The molecule has 1 N–H and O–H groups in total. The average molecular weight is 500 g/mol. The lowest BCUT2D eigenvalue weighted by molar-refractivity contribution is 0.0691. The Bertz CT molecular complexity index is 1190. The molecule has 0 radical (unpaired) electrons. The second-order valence-electron chi connectivity index (χ2n) is 9.55. The molecule has 37 heavy (non-hydrogen) atoms. The minimum absolute atomic E-state index is 0.288. The number of anilines is 1. The molecule has 3 nitrogen and oxygen atoms in total. The van der Waals surface area contributed by atoms with Gasteiger partial charge in [0.2, 0.25) is 0 Å². The van der Waals surface area contributed by atoms with Crippen molar-refractivity contribution in [3.8, 4) is 11.8 Å². The van der Waals surface area contributed by atoms with Gasteiger partial charge in [-0.3, -0.25) is 0 Å². The molecule has 3 aromatic rings. The molecular formula is C33H38FNO2. The van der Waals surface area contributed by atoms with E-state index >= 15 is 0 Å². The van der Waals surface area contributed by atoms with Crippen molar-refractivity contribution < 1.29 is 14.3 Å². The van der Waals surface area contributed by atoms with Crippen LogP contribution in [0.25, 0.3) is 0 Å². The van der Waals surface area contributed by atoms with Gasteiger partial charge in [0.05, 0.1) is 5.56 Å². The van der Waals surface area contributed by atoms with Crippen LogP contribution in [0.4, 0.5) is 10.1 Å². The van der Waals surface area contributed by atoms with E-state index in [0.29, 0.717) is 6.54 Å². The number of hydrogen-bond donors (Lipinski definition) is 1. The van der Waals surface area contributed by atoms with Crippen LogP contribution in [-0.2, 0) is 13.0 Å². The molecule has 0 atom stereocenters. The molecule has 0 bridgehead atoms. The quantitative estimate of drug-likeness (QED) is 0.190. The number of benzene rings is 3. The van der Waals surface area contributed by atoms with E-state index in [1.165, 1.54) is 49.8 Å². The fraction of sp³-hybridized carbons (Fsp3) is 0.364. The van der Waals surface area contributed by atoms with Gasteiger partial charge in [0, 0.05) is 29.9 Å². The van der Waals surface area contributed by atoms with Crippen molar-refractivity contribution in [1.82, 2.24) is 0 Å². The van der Waals surface area contributed by atoms with Gasteiger partial charge in [-0.05, 0) is 78.9 Å². The number of rotatable bonds is 13. The van der Waals surface area contributed by atoms with Crippen LogP contribution in [0.15, 0.2) is 66.7 Å². The van der Waals surface area contributed by atoms with E-state index in [9.17, 15) is 14.3 Å². The summed E-state index contributed by atoms with van der Waals surface area (Å²) in [6, 6.07) is 21.0. The molecule has 0 aliphatic carbocycles. The molecule has 0 aromatic heterocycles. The molecule has 0 heterocycles. The molecular weight excluding hydrogens is 461 g/mol. The van der Waals surface area contributed by atoms with Crippen LogP contribution >= 0.6 is 0 Å². The third kappa shape index (κ3) is 9.10. The number of halogens is 1. The molecule has 194 valence electrons. The molecule has 0 unspecified atom stereocenters. The first kappa shape index (κ1) is 28.0. The summed E-state index contributed by atoms with van der Waals surface area (Å²) in [6.45, 7) is 5.77. The number of aromatic carboxylic acids is 1. The Balaban J connectivity index is 1.72. The number of aryl methyl sites for hydroxylation is 1. The second-order valence-corrected chi connectivity index (χ2v) is 9.55. The molecule has 0 aliphatic heterocycles. The van der Waals surface area contributed by atoms with Crippen LogP contribution in [0.5, 0.6) is 0 Å². The normalized spacial score (nSPS) is 10.6. The first-order valence-corrected chi connectivity index (χ1v) is 13.5. The predicted octanol–water partition coefficient (Wildman–Crippen LogP) is 8.24. The summed E-state index contributed by atoms with van der Waals surface area (Å²) in [5.74, 6) is 4.56. The lowest BCUT2D eigenvalue weighted by Gasteiger charge is -2.25. The van der Waals surface area contributed by atoms with Crippen LogP contribution in [0.2, 0.25) is 0 Å². The summed E-state index contributed by atoms with van der Waals surface area (Å²) in [5.41, 5.74) is 4.83. The van der Waals surface area contributed by atoms with Crippen LogP contribution in [-0.4, -0.2) is 17.6 Å². The van der Waals surface area contributed by atoms with E-state index in [1.54, 1.807) is 6.07 Å². The summed E-state index contributed by atoms with van der Waals surface area (Å²) in [5, 5.41) is 9.31. The Morgan fingerprint density at radius 3 is 2.00 bits per heavy atom. The maximum absolute atomic E-state index is 13.9. The molecule has 3 rings (SSSR count). The monoisotopic (exact) mass is 499 g/mol. The maximum Gasteiger partial charge on any atom is 0.338 e. The highest BCUT2D eigenvalue weighted by Crippen LogP contribution is 2.21. The topological polar surface area (TPSA) is 40.5 Å². The molecule has 0 spiro atoms. The van der Waals surface area contributed by atoms with Crippen molar-refractivity contribution in [3.63, 3.8) is 0 Å². The van der Waals surface area contributed by atoms with E-state index in [1.807, 2.05) is 12.1 Å². The Morgan fingerprint density at radius 2 is 1.38 bits per heavy atom. The second kappa shape index (κ2) is 14.9. The van der Waals surface area contributed by atoms with E-state index in [4.69, 9.17) is 0 Å². The van der Waals surface area contributed by atoms with Gasteiger partial charge in [0.1, 0.15) is 5.82 Å². The lowest BCUT2D eigenvalue weighted by atomic mass is 10.1. The molecule has 0 amide bonds. The van der Waals surface area contributed by atoms with Crippen LogP contribution in [0.3, 0.4) is 0 Å². The largest absolute Gasteiger partial charge is 0.478 e. The molecule has 0 saturated carbocycles.